The summed E-state index contributed by atoms with van der Waals surface area (Å²) < 4.78 is 5.33. The predicted octanol–water partition coefficient (Wildman–Crippen LogP) is 2.60. The first kappa shape index (κ1) is 18.3. The molecular formula is C18H25N5O3. The van der Waals surface area contributed by atoms with Crippen LogP contribution >= 0.6 is 0 Å². The van der Waals surface area contributed by atoms with Crippen molar-refractivity contribution < 1.29 is 14.4 Å². The van der Waals surface area contributed by atoms with Crippen LogP contribution in [0.1, 0.15) is 45.4 Å². The summed E-state index contributed by atoms with van der Waals surface area (Å²) in [7, 11) is 0. The minimum absolute atomic E-state index is 0.0942. The third kappa shape index (κ3) is 4.19. The molecule has 26 heavy (non-hydrogen) atoms. The lowest BCUT2D eigenvalue weighted by molar-refractivity contribution is -0.139. The summed E-state index contributed by atoms with van der Waals surface area (Å²) in [5, 5.41) is 16.4. The van der Waals surface area contributed by atoms with Crippen molar-refractivity contribution in [1.29, 1.82) is 0 Å². The molecule has 1 aliphatic rings. The van der Waals surface area contributed by atoms with Gasteiger partial charge >= 0.3 is 5.97 Å². The molecule has 2 heterocycles. The molecule has 2 N–H and O–H groups in total. The lowest BCUT2D eigenvalue weighted by Gasteiger charge is -2.42. The number of anilines is 1. The van der Waals surface area contributed by atoms with Gasteiger partial charge in [0.05, 0.1) is 6.54 Å². The highest BCUT2D eigenvalue weighted by atomic mass is 16.5. The monoisotopic (exact) mass is 359 g/mol. The summed E-state index contributed by atoms with van der Waals surface area (Å²) in [6.45, 7) is 6.87. The highest BCUT2D eigenvalue weighted by Gasteiger charge is 2.34. The molecule has 0 atom stereocenters. The average Bonchev–Trinajstić information content (AvgIpc) is 3.06. The molecule has 2 aromatic rings. The summed E-state index contributed by atoms with van der Waals surface area (Å²) in [6.07, 6.45) is 3.53. The smallest absolute Gasteiger partial charge is 0.317 e. The number of rotatable bonds is 8. The second kappa shape index (κ2) is 7.82. The van der Waals surface area contributed by atoms with E-state index in [9.17, 15) is 4.79 Å². The van der Waals surface area contributed by atoms with Crippen molar-refractivity contribution in [3.8, 4) is 11.5 Å². The molecule has 0 unspecified atom stereocenters. The highest BCUT2D eigenvalue weighted by Crippen LogP contribution is 2.29. The second-order valence-electron chi connectivity index (χ2n) is 6.97. The predicted molar refractivity (Wildman–Crippen MR) is 96.9 cm³/mol. The molecule has 0 aliphatic heterocycles. The van der Waals surface area contributed by atoms with Crippen molar-refractivity contribution in [2.75, 3.05) is 18.4 Å². The maximum Gasteiger partial charge on any atom is 0.317 e. The Morgan fingerprint density at radius 1 is 1.46 bits per heavy atom. The molecule has 0 saturated heterocycles. The number of carboxylic acid groups (broad SMARTS) is 1. The van der Waals surface area contributed by atoms with Crippen molar-refractivity contribution in [2.45, 2.75) is 51.6 Å². The third-order valence-corrected chi connectivity index (χ3v) is 4.69. The molecule has 1 saturated carbocycles. The first-order chi connectivity index (χ1) is 12.5. The van der Waals surface area contributed by atoms with E-state index in [0.717, 1.165) is 30.8 Å². The maximum absolute atomic E-state index is 10.9. The fourth-order valence-electron chi connectivity index (χ4n) is 3.11. The van der Waals surface area contributed by atoms with E-state index in [0.29, 0.717) is 23.8 Å². The Bertz CT molecular complexity index is 755. The fourth-order valence-corrected chi connectivity index (χ4v) is 3.11. The lowest BCUT2D eigenvalue weighted by Crippen LogP contribution is -2.51. The van der Waals surface area contributed by atoms with Crippen LogP contribution in [-0.2, 0) is 4.79 Å². The van der Waals surface area contributed by atoms with Gasteiger partial charge in [-0.1, -0.05) is 25.9 Å². The van der Waals surface area contributed by atoms with Gasteiger partial charge in [-0.15, -0.1) is 0 Å². The number of pyridine rings is 1. The molecule has 8 heteroatoms. The Balaban J connectivity index is 1.59. The Morgan fingerprint density at radius 2 is 2.23 bits per heavy atom. The quantitative estimate of drug-likeness (QED) is 0.741. The molecule has 3 rings (SSSR count). The SMILES string of the molecule is CCN(CC(=O)O)C1CC(Nc2cc(-c3nc(C(C)C)no3)ccn2)C1. The van der Waals surface area contributed by atoms with Crippen molar-refractivity contribution in [3.63, 3.8) is 0 Å². The van der Waals surface area contributed by atoms with E-state index in [1.54, 1.807) is 6.20 Å². The first-order valence-corrected chi connectivity index (χ1v) is 8.98. The molecule has 140 valence electrons. The molecule has 1 aliphatic carbocycles. The molecule has 0 aromatic carbocycles. The number of aliphatic carboxylic acids is 1. The largest absolute Gasteiger partial charge is 0.480 e. The Hall–Kier alpha value is -2.48. The number of likely N-dealkylation sites (N-methyl/N-ethyl adjacent to an activating group) is 1. The zero-order valence-electron chi connectivity index (χ0n) is 15.3. The van der Waals surface area contributed by atoms with Crippen LogP contribution in [0.25, 0.3) is 11.5 Å². The molecule has 0 spiro atoms. The van der Waals surface area contributed by atoms with Crippen LogP contribution in [0.2, 0.25) is 0 Å². The van der Waals surface area contributed by atoms with Crippen molar-refractivity contribution >= 4 is 11.8 Å². The van der Waals surface area contributed by atoms with Gasteiger partial charge in [0, 0.05) is 29.8 Å². The average molecular weight is 359 g/mol. The summed E-state index contributed by atoms with van der Waals surface area (Å²) in [5.74, 6) is 1.37. The van der Waals surface area contributed by atoms with Crippen molar-refractivity contribution in [1.82, 2.24) is 20.0 Å². The topological polar surface area (TPSA) is 104 Å². The number of carbonyl (C=O) groups is 1. The van der Waals surface area contributed by atoms with Crippen LogP contribution in [0, 0.1) is 0 Å². The normalized spacial score (nSPS) is 19.6. The van der Waals surface area contributed by atoms with Gasteiger partial charge in [-0.2, -0.15) is 4.98 Å². The molecule has 1 fully saturated rings. The Morgan fingerprint density at radius 3 is 2.85 bits per heavy atom. The van der Waals surface area contributed by atoms with E-state index in [1.165, 1.54) is 0 Å². The van der Waals surface area contributed by atoms with Crippen LogP contribution in [-0.4, -0.2) is 56.3 Å². The summed E-state index contributed by atoms with van der Waals surface area (Å²) in [6, 6.07) is 4.35. The van der Waals surface area contributed by atoms with E-state index < -0.39 is 5.97 Å². The molecular weight excluding hydrogens is 334 g/mol. The number of carboxylic acids is 1. The number of nitrogens with zero attached hydrogens (tertiary/aromatic N) is 4. The van der Waals surface area contributed by atoms with Gasteiger partial charge in [0.2, 0.25) is 0 Å². The van der Waals surface area contributed by atoms with Crippen LogP contribution in [0.15, 0.2) is 22.9 Å². The molecule has 2 aromatic heterocycles. The van der Waals surface area contributed by atoms with E-state index in [-0.39, 0.29) is 12.5 Å². The number of aromatic nitrogens is 3. The fraction of sp³-hybridized carbons (Fsp3) is 0.556. The van der Waals surface area contributed by atoms with Gasteiger partial charge in [-0.3, -0.25) is 9.69 Å². The zero-order chi connectivity index (χ0) is 18.7. The van der Waals surface area contributed by atoms with Crippen LogP contribution in [0.4, 0.5) is 5.82 Å². The minimum Gasteiger partial charge on any atom is -0.480 e. The summed E-state index contributed by atoms with van der Waals surface area (Å²) >= 11 is 0. The van der Waals surface area contributed by atoms with E-state index in [1.807, 2.05) is 37.8 Å². The van der Waals surface area contributed by atoms with E-state index in [4.69, 9.17) is 9.63 Å². The maximum atomic E-state index is 10.9. The standard InChI is InChI=1S/C18H25N5O3/c1-4-23(10-16(24)25)14-8-13(9-14)20-15-7-12(5-6-19-15)18-21-17(11(2)3)22-26-18/h5-7,11,13-14H,4,8-10H2,1-3H3,(H,19,20)(H,24,25). The number of nitrogens with one attached hydrogen (secondary N) is 1. The van der Waals surface area contributed by atoms with Gasteiger partial charge < -0.3 is 14.9 Å². The Kier molecular flexibility index (Phi) is 5.51. The first-order valence-electron chi connectivity index (χ1n) is 8.98. The van der Waals surface area contributed by atoms with Gasteiger partial charge in [-0.05, 0) is 31.5 Å². The number of hydrogen-bond acceptors (Lipinski definition) is 7. The molecule has 0 amide bonds. The zero-order valence-corrected chi connectivity index (χ0v) is 15.3. The minimum atomic E-state index is -0.780. The van der Waals surface area contributed by atoms with Crippen LogP contribution in [0.5, 0.6) is 0 Å². The lowest BCUT2D eigenvalue weighted by atomic mass is 9.85. The van der Waals surface area contributed by atoms with Crippen molar-refractivity contribution in [3.05, 3.63) is 24.2 Å². The van der Waals surface area contributed by atoms with Gasteiger partial charge in [-0.25, -0.2) is 4.98 Å². The van der Waals surface area contributed by atoms with Crippen LogP contribution < -0.4 is 5.32 Å². The van der Waals surface area contributed by atoms with Gasteiger partial charge in [0.1, 0.15) is 5.82 Å². The summed E-state index contributed by atoms with van der Waals surface area (Å²) in [4.78, 5) is 21.7. The second-order valence-corrected chi connectivity index (χ2v) is 6.97. The third-order valence-electron chi connectivity index (χ3n) is 4.69. The van der Waals surface area contributed by atoms with Crippen molar-refractivity contribution in [2.24, 2.45) is 0 Å². The molecule has 0 bridgehead atoms. The van der Waals surface area contributed by atoms with E-state index in [2.05, 4.69) is 20.4 Å². The Labute approximate surface area is 152 Å². The highest BCUT2D eigenvalue weighted by molar-refractivity contribution is 5.69. The van der Waals surface area contributed by atoms with Gasteiger partial charge in [0.15, 0.2) is 5.82 Å². The molecule has 0 radical (unpaired) electrons. The van der Waals surface area contributed by atoms with E-state index >= 15 is 0 Å². The van der Waals surface area contributed by atoms with Crippen LogP contribution in [0.3, 0.4) is 0 Å². The molecule has 8 nitrogen and oxygen atoms in total. The van der Waals surface area contributed by atoms with Gasteiger partial charge in [0.25, 0.3) is 5.89 Å². The summed E-state index contributed by atoms with van der Waals surface area (Å²) in [5.41, 5.74) is 0.832. The number of hydrogen-bond donors (Lipinski definition) is 2.